The third kappa shape index (κ3) is 4.01. The minimum Gasteiger partial charge on any atom is -0.379 e. The van der Waals surface area contributed by atoms with Crippen molar-refractivity contribution in [2.45, 2.75) is 38.5 Å². The number of rotatable bonds is 5. The van der Waals surface area contributed by atoms with Gasteiger partial charge in [-0.3, -0.25) is 14.7 Å². The molecular formula is C19H25N5O3. The fourth-order valence-corrected chi connectivity index (χ4v) is 4.44. The molecule has 1 aliphatic carbocycles. The molecular weight excluding hydrogens is 346 g/mol. The quantitative estimate of drug-likeness (QED) is 0.851. The lowest BCUT2D eigenvalue weighted by atomic mass is 9.77. The number of aromatic nitrogens is 3. The zero-order chi connectivity index (χ0) is 18.8. The highest BCUT2D eigenvalue weighted by Gasteiger charge is 2.42. The number of methoxy groups -OCH3 is 1. The largest absolute Gasteiger partial charge is 0.379 e. The average molecular weight is 371 g/mol. The lowest BCUT2D eigenvalue weighted by molar-refractivity contribution is -0.121. The predicted octanol–water partition coefficient (Wildman–Crippen LogP) is 1.49. The molecule has 8 heteroatoms. The molecule has 0 bridgehead atoms. The van der Waals surface area contributed by atoms with E-state index in [9.17, 15) is 4.79 Å². The molecule has 0 radical (unpaired) electrons. The molecule has 1 aliphatic heterocycles. The van der Waals surface area contributed by atoms with Crippen LogP contribution in [-0.4, -0.2) is 58.3 Å². The van der Waals surface area contributed by atoms with Gasteiger partial charge in [-0.25, -0.2) is 0 Å². The third-order valence-electron chi connectivity index (χ3n) is 5.63. The van der Waals surface area contributed by atoms with Gasteiger partial charge in [0.15, 0.2) is 0 Å². The Labute approximate surface area is 158 Å². The van der Waals surface area contributed by atoms with E-state index >= 15 is 0 Å². The SMILES string of the molecule is CO[C@@H]1C[C@H]2CN(Cc3nc(-c4cccnc4)no3)C[C@H]2C[C@H]1NC(C)=O. The molecule has 8 nitrogen and oxygen atoms in total. The van der Waals surface area contributed by atoms with E-state index in [4.69, 9.17) is 9.26 Å². The molecule has 2 aliphatic rings. The number of nitrogens with zero attached hydrogens (tertiary/aromatic N) is 4. The normalized spacial score (nSPS) is 28.1. The van der Waals surface area contributed by atoms with E-state index in [0.29, 0.717) is 30.1 Å². The van der Waals surface area contributed by atoms with Crippen LogP contribution in [0.5, 0.6) is 0 Å². The summed E-state index contributed by atoms with van der Waals surface area (Å²) in [5, 5.41) is 7.12. The van der Waals surface area contributed by atoms with Crippen LogP contribution >= 0.6 is 0 Å². The number of likely N-dealkylation sites (tertiary alicyclic amines) is 1. The van der Waals surface area contributed by atoms with Crippen molar-refractivity contribution in [1.29, 1.82) is 0 Å². The van der Waals surface area contributed by atoms with Crippen molar-refractivity contribution < 1.29 is 14.1 Å². The van der Waals surface area contributed by atoms with Crippen LogP contribution in [0.3, 0.4) is 0 Å². The molecule has 2 aromatic rings. The monoisotopic (exact) mass is 371 g/mol. The van der Waals surface area contributed by atoms with Crippen LogP contribution < -0.4 is 5.32 Å². The molecule has 2 aromatic heterocycles. The molecule has 1 saturated carbocycles. The van der Waals surface area contributed by atoms with Crippen molar-refractivity contribution in [2.24, 2.45) is 11.8 Å². The Morgan fingerprint density at radius 3 is 2.89 bits per heavy atom. The Morgan fingerprint density at radius 1 is 1.37 bits per heavy atom. The van der Waals surface area contributed by atoms with E-state index in [1.807, 2.05) is 12.1 Å². The van der Waals surface area contributed by atoms with Crippen molar-refractivity contribution >= 4 is 5.91 Å². The zero-order valence-corrected chi connectivity index (χ0v) is 15.7. The van der Waals surface area contributed by atoms with Crippen LogP contribution in [0.15, 0.2) is 29.0 Å². The summed E-state index contributed by atoms with van der Waals surface area (Å²) in [6.07, 6.45) is 5.44. The van der Waals surface area contributed by atoms with Gasteiger partial charge in [0.25, 0.3) is 0 Å². The number of amides is 1. The van der Waals surface area contributed by atoms with Gasteiger partial charge in [0.2, 0.25) is 17.6 Å². The number of hydrogen-bond donors (Lipinski definition) is 1. The van der Waals surface area contributed by atoms with Gasteiger partial charge in [0, 0.05) is 45.1 Å². The molecule has 4 rings (SSSR count). The Kier molecular flexibility index (Phi) is 5.18. The highest BCUT2D eigenvalue weighted by atomic mass is 16.5. The van der Waals surface area contributed by atoms with Gasteiger partial charge in [-0.1, -0.05) is 5.16 Å². The van der Waals surface area contributed by atoms with Crippen LogP contribution in [0.2, 0.25) is 0 Å². The first-order valence-corrected chi connectivity index (χ1v) is 9.37. The van der Waals surface area contributed by atoms with Crippen LogP contribution in [0.4, 0.5) is 0 Å². The molecule has 4 atom stereocenters. The lowest BCUT2D eigenvalue weighted by Gasteiger charge is -2.37. The number of hydrogen-bond acceptors (Lipinski definition) is 7. The molecule has 1 saturated heterocycles. The molecule has 0 spiro atoms. The molecule has 144 valence electrons. The maximum absolute atomic E-state index is 11.5. The number of nitrogens with one attached hydrogen (secondary N) is 1. The van der Waals surface area contributed by atoms with Crippen LogP contribution in [0.25, 0.3) is 11.4 Å². The van der Waals surface area contributed by atoms with Crippen LogP contribution in [-0.2, 0) is 16.1 Å². The Hall–Kier alpha value is -2.32. The number of ether oxygens (including phenoxy) is 1. The van der Waals surface area contributed by atoms with Gasteiger partial charge >= 0.3 is 0 Å². The van der Waals surface area contributed by atoms with Crippen molar-refractivity contribution in [2.75, 3.05) is 20.2 Å². The summed E-state index contributed by atoms with van der Waals surface area (Å²) in [6.45, 7) is 4.17. The minimum absolute atomic E-state index is 0.00384. The molecule has 3 heterocycles. The summed E-state index contributed by atoms with van der Waals surface area (Å²) in [7, 11) is 1.73. The zero-order valence-electron chi connectivity index (χ0n) is 15.7. The van der Waals surface area contributed by atoms with E-state index in [1.54, 1.807) is 26.4 Å². The minimum atomic E-state index is 0.00384. The van der Waals surface area contributed by atoms with Gasteiger partial charge in [-0.2, -0.15) is 4.98 Å². The van der Waals surface area contributed by atoms with E-state index in [1.165, 1.54) is 0 Å². The second kappa shape index (κ2) is 7.74. The summed E-state index contributed by atoms with van der Waals surface area (Å²) in [5.41, 5.74) is 0.851. The Bertz CT molecular complexity index is 781. The molecule has 27 heavy (non-hydrogen) atoms. The molecule has 1 amide bonds. The maximum atomic E-state index is 11.5. The van der Waals surface area contributed by atoms with Crippen molar-refractivity contribution in [1.82, 2.24) is 25.3 Å². The molecule has 1 N–H and O–H groups in total. The summed E-state index contributed by atoms with van der Waals surface area (Å²) in [5.74, 6) is 2.31. The van der Waals surface area contributed by atoms with Crippen LogP contribution in [0.1, 0.15) is 25.7 Å². The Balaban J connectivity index is 1.39. The van der Waals surface area contributed by atoms with Crippen LogP contribution in [0, 0.1) is 11.8 Å². The predicted molar refractivity (Wildman–Crippen MR) is 97.4 cm³/mol. The first kappa shape index (κ1) is 18.1. The van der Waals surface area contributed by atoms with Gasteiger partial charge in [-0.05, 0) is 36.8 Å². The standard InChI is InChI=1S/C19H25N5O3/c1-12(25)21-16-6-14-9-24(10-15(14)7-17(16)26-2)11-18-22-19(23-27-18)13-4-3-5-20-8-13/h3-5,8,14-17H,6-7,9-11H2,1-2H3,(H,21,25)/t14-,15+,16-,17-/m1/s1. The number of pyridine rings is 1. The maximum Gasteiger partial charge on any atom is 0.241 e. The fraction of sp³-hybridized carbons (Fsp3) is 0.579. The van der Waals surface area contributed by atoms with E-state index in [0.717, 1.165) is 31.5 Å². The van der Waals surface area contributed by atoms with Gasteiger partial charge < -0.3 is 14.6 Å². The summed E-state index contributed by atoms with van der Waals surface area (Å²) in [4.78, 5) is 22.4. The molecule has 0 aromatic carbocycles. The van der Waals surface area contributed by atoms with Gasteiger partial charge in [-0.15, -0.1) is 0 Å². The summed E-state index contributed by atoms with van der Waals surface area (Å²) >= 11 is 0. The molecule has 0 unspecified atom stereocenters. The highest BCUT2D eigenvalue weighted by Crippen LogP contribution is 2.38. The summed E-state index contributed by atoms with van der Waals surface area (Å²) in [6, 6.07) is 3.86. The van der Waals surface area contributed by atoms with Crippen molar-refractivity contribution in [3.8, 4) is 11.4 Å². The van der Waals surface area contributed by atoms with Gasteiger partial charge in [0.1, 0.15) is 0 Å². The van der Waals surface area contributed by atoms with E-state index in [-0.39, 0.29) is 18.1 Å². The Morgan fingerprint density at radius 2 is 2.19 bits per heavy atom. The fourth-order valence-electron chi connectivity index (χ4n) is 4.44. The highest BCUT2D eigenvalue weighted by molar-refractivity contribution is 5.73. The number of carbonyl (C=O) groups excluding carboxylic acids is 1. The first-order valence-electron chi connectivity index (χ1n) is 9.37. The lowest BCUT2D eigenvalue weighted by Crippen LogP contribution is -2.49. The second-order valence-corrected chi connectivity index (χ2v) is 7.52. The van der Waals surface area contributed by atoms with E-state index < -0.39 is 0 Å². The van der Waals surface area contributed by atoms with Crippen molar-refractivity contribution in [3.05, 3.63) is 30.4 Å². The topological polar surface area (TPSA) is 93.4 Å². The van der Waals surface area contributed by atoms with Gasteiger partial charge in [0.05, 0.1) is 18.7 Å². The first-order chi connectivity index (χ1) is 13.1. The smallest absolute Gasteiger partial charge is 0.241 e. The van der Waals surface area contributed by atoms with E-state index in [2.05, 4.69) is 25.3 Å². The second-order valence-electron chi connectivity index (χ2n) is 7.52. The summed E-state index contributed by atoms with van der Waals surface area (Å²) < 4.78 is 11.1. The molecule has 2 fully saturated rings. The number of carbonyl (C=O) groups is 1. The number of fused-ring (bicyclic) bond motifs is 1. The van der Waals surface area contributed by atoms with Crippen molar-refractivity contribution in [3.63, 3.8) is 0 Å². The average Bonchev–Trinajstić information content (AvgIpc) is 3.27. The third-order valence-corrected chi connectivity index (χ3v) is 5.63.